The van der Waals surface area contributed by atoms with Gasteiger partial charge in [-0.15, -0.1) is 0 Å². The number of hydrogen-bond donors (Lipinski definition) is 3. The summed E-state index contributed by atoms with van der Waals surface area (Å²) in [4.78, 5) is 26.9. The van der Waals surface area contributed by atoms with E-state index in [-0.39, 0.29) is 37.7 Å². The van der Waals surface area contributed by atoms with Crippen LogP contribution in [0.1, 0.15) is 23.2 Å². The molecule has 3 N–H and O–H groups in total. The number of anilines is 1. The molecule has 2 fully saturated rings. The van der Waals surface area contributed by atoms with Crippen molar-refractivity contribution in [2.24, 2.45) is 5.92 Å². The van der Waals surface area contributed by atoms with Crippen LogP contribution in [-0.2, 0) is 10.0 Å². The molecule has 2 saturated heterocycles. The van der Waals surface area contributed by atoms with Gasteiger partial charge in [-0.05, 0) is 37.0 Å². The van der Waals surface area contributed by atoms with Crippen molar-refractivity contribution in [1.29, 1.82) is 0 Å². The number of β-amino-alcohol motifs (C(OH)–C–C–N with tert-alkyl or cyclic N) is 1. The van der Waals surface area contributed by atoms with Crippen LogP contribution in [0.3, 0.4) is 0 Å². The fraction of sp³-hybridized carbons (Fsp3) is 0.440. The summed E-state index contributed by atoms with van der Waals surface area (Å²) in [6, 6.07) is 3.27. The van der Waals surface area contributed by atoms with Gasteiger partial charge in [-0.25, -0.2) is 30.8 Å². The van der Waals surface area contributed by atoms with Crippen molar-refractivity contribution < 1.29 is 45.8 Å². The first-order chi connectivity index (χ1) is 18.9. The molecule has 2 aliphatic rings. The smallest absolute Gasteiger partial charge is 0.407 e. The van der Waals surface area contributed by atoms with Gasteiger partial charge in [0.25, 0.3) is 5.91 Å². The molecule has 0 aromatic heterocycles. The van der Waals surface area contributed by atoms with Crippen LogP contribution < -0.4 is 5.32 Å². The van der Waals surface area contributed by atoms with Gasteiger partial charge in [0.15, 0.2) is 17.5 Å². The number of hydrogen-bond acceptors (Lipinski definition) is 6. The minimum atomic E-state index is -4.41. The Morgan fingerprint density at radius 3 is 2.20 bits per heavy atom. The molecule has 0 saturated carbocycles. The number of aliphatic hydroxyl groups is 1. The third-order valence-electron chi connectivity index (χ3n) is 7.26. The second-order valence-corrected chi connectivity index (χ2v) is 11.6. The lowest BCUT2D eigenvalue weighted by molar-refractivity contribution is 0.0257. The number of aliphatic hydroxyl groups excluding tert-OH is 1. The molecule has 2 aromatic carbocycles. The first-order valence-electron chi connectivity index (χ1n) is 12.5. The number of amides is 2. The highest BCUT2D eigenvalue weighted by atomic mass is 32.2. The van der Waals surface area contributed by atoms with Gasteiger partial charge in [0.1, 0.15) is 10.7 Å². The summed E-state index contributed by atoms with van der Waals surface area (Å²) in [5.41, 5.74) is -0.740. The number of piperidine rings is 1. The highest BCUT2D eigenvalue weighted by molar-refractivity contribution is 7.89. The third-order valence-corrected chi connectivity index (χ3v) is 9.17. The van der Waals surface area contributed by atoms with E-state index < -0.39 is 61.9 Å². The normalized spacial score (nSPS) is 19.5. The molecule has 2 heterocycles. The second-order valence-electron chi connectivity index (χ2n) is 9.66. The number of benzene rings is 2. The van der Waals surface area contributed by atoms with Gasteiger partial charge in [-0.2, -0.15) is 4.31 Å². The van der Waals surface area contributed by atoms with Gasteiger partial charge >= 0.3 is 6.09 Å². The van der Waals surface area contributed by atoms with Gasteiger partial charge in [-0.3, -0.25) is 9.69 Å². The summed E-state index contributed by atoms with van der Waals surface area (Å²) in [5.74, 6) is -7.08. The molecule has 0 radical (unpaired) electrons. The van der Waals surface area contributed by atoms with Crippen LogP contribution in [0.25, 0.3) is 0 Å². The molecule has 10 nitrogen and oxygen atoms in total. The maximum atomic E-state index is 14.7. The molecule has 0 bridgehead atoms. The molecule has 218 valence electrons. The lowest BCUT2D eigenvalue weighted by Gasteiger charge is -2.45. The molecule has 4 rings (SSSR count). The fourth-order valence-electron chi connectivity index (χ4n) is 5.17. The van der Waals surface area contributed by atoms with E-state index in [0.717, 1.165) is 22.5 Å². The maximum absolute atomic E-state index is 14.7. The predicted molar refractivity (Wildman–Crippen MR) is 134 cm³/mol. The monoisotopic (exact) mass is 588 g/mol. The molecule has 40 heavy (non-hydrogen) atoms. The van der Waals surface area contributed by atoms with Gasteiger partial charge in [-0.1, -0.05) is 0 Å². The first-order valence-corrected chi connectivity index (χ1v) is 13.9. The van der Waals surface area contributed by atoms with Gasteiger partial charge in [0.2, 0.25) is 10.0 Å². The number of piperazine rings is 1. The van der Waals surface area contributed by atoms with E-state index >= 15 is 0 Å². The maximum Gasteiger partial charge on any atom is 0.407 e. The Hall–Kier alpha value is -3.27. The highest BCUT2D eigenvalue weighted by Gasteiger charge is 2.39. The zero-order valence-electron chi connectivity index (χ0n) is 21.2. The van der Waals surface area contributed by atoms with Crippen molar-refractivity contribution in [1.82, 2.24) is 14.1 Å². The van der Waals surface area contributed by atoms with E-state index in [1.807, 2.05) is 4.90 Å². The van der Waals surface area contributed by atoms with E-state index in [2.05, 4.69) is 5.32 Å². The summed E-state index contributed by atoms with van der Waals surface area (Å²) in [6.07, 6.45) is -0.458. The zero-order chi connectivity index (χ0) is 29.2. The quantitative estimate of drug-likeness (QED) is 0.335. The molecule has 15 heteroatoms. The summed E-state index contributed by atoms with van der Waals surface area (Å²) < 4.78 is 82.6. The number of carbonyl (C=O) groups is 2. The Morgan fingerprint density at radius 2 is 1.60 bits per heavy atom. The van der Waals surface area contributed by atoms with Crippen molar-refractivity contribution in [3.63, 3.8) is 0 Å². The van der Waals surface area contributed by atoms with E-state index in [1.54, 1.807) is 0 Å². The summed E-state index contributed by atoms with van der Waals surface area (Å²) in [5, 5.41) is 21.0. The molecule has 0 aliphatic carbocycles. The minimum Gasteiger partial charge on any atom is -0.465 e. The predicted octanol–water partition coefficient (Wildman–Crippen LogP) is 2.55. The lowest BCUT2D eigenvalue weighted by atomic mass is 9.88. The van der Waals surface area contributed by atoms with Crippen molar-refractivity contribution in [3.05, 3.63) is 59.2 Å². The topological polar surface area (TPSA) is 130 Å². The van der Waals surface area contributed by atoms with Crippen LogP contribution in [0.15, 0.2) is 35.2 Å². The molecule has 1 unspecified atom stereocenters. The number of rotatable bonds is 7. The Bertz CT molecular complexity index is 1360. The summed E-state index contributed by atoms with van der Waals surface area (Å²) in [6.45, 7) is 1.43. The van der Waals surface area contributed by atoms with E-state index in [9.17, 15) is 45.8 Å². The van der Waals surface area contributed by atoms with Crippen LogP contribution >= 0.6 is 0 Å². The van der Waals surface area contributed by atoms with Crippen molar-refractivity contribution >= 4 is 27.7 Å². The number of nitrogens with one attached hydrogen (secondary N) is 1. The molecule has 1 atom stereocenters. The second kappa shape index (κ2) is 12.1. The van der Waals surface area contributed by atoms with Crippen molar-refractivity contribution in [3.8, 4) is 0 Å². The Balaban J connectivity index is 1.48. The largest absolute Gasteiger partial charge is 0.465 e. The van der Waals surface area contributed by atoms with Crippen LogP contribution in [0.4, 0.5) is 28.0 Å². The van der Waals surface area contributed by atoms with E-state index in [1.165, 1.54) is 4.90 Å². The zero-order valence-corrected chi connectivity index (χ0v) is 22.0. The number of sulfonamides is 1. The van der Waals surface area contributed by atoms with Gasteiger partial charge < -0.3 is 20.4 Å². The van der Waals surface area contributed by atoms with E-state index in [0.29, 0.717) is 44.6 Å². The number of carboxylic acid groups (broad SMARTS) is 1. The Kier molecular flexibility index (Phi) is 8.97. The molecule has 2 amide bonds. The van der Waals surface area contributed by atoms with Crippen LogP contribution in [0.2, 0.25) is 0 Å². The van der Waals surface area contributed by atoms with Crippen molar-refractivity contribution in [2.45, 2.75) is 23.8 Å². The van der Waals surface area contributed by atoms with E-state index in [4.69, 9.17) is 0 Å². The summed E-state index contributed by atoms with van der Waals surface area (Å²) >= 11 is 0. The fourth-order valence-corrected chi connectivity index (χ4v) is 6.73. The van der Waals surface area contributed by atoms with Crippen LogP contribution in [0.5, 0.6) is 0 Å². The highest BCUT2D eigenvalue weighted by Crippen LogP contribution is 2.31. The first kappa shape index (κ1) is 29.7. The number of carbonyl (C=O) groups excluding carboxylic acids is 1. The number of nitrogens with zero attached hydrogens (tertiary/aromatic N) is 3. The third kappa shape index (κ3) is 6.22. The van der Waals surface area contributed by atoms with Crippen LogP contribution in [-0.4, -0.2) is 96.7 Å². The molecule has 2 aromatic rings. The average molecular weight is 589 g/mol. The average Bonchev–Trinajstić information content (AvgIpc) is 2.92. The molecule has 0 spiro atoms. The van der Waals surface area contributed by atoms with Gasteiger partial charge in [0, 0.05) is 62.7 Å². The number of halogens is 4. The molecular formula is C25H28F4N4O6S. The van der Waals surface area contributed by atoms with Crippen LogP contribution in [0, 0.1) is 29.2 Å². The molecule has 2 aliphatic heterocycles. The van der Waals surface area contributed by atoms with Crippen molar-refractivity contribution in [2.75, 3.05) is 51.2 Å². The SMILES string of the molecule is O=C(Nc1cc(F)c(F)c(F)c1)c1ccc(F)c(S(=O)(=O)N2CCC(C3CN(CCO)CCN3C(=O)O)CC2)c1. The Morgan fingerprint density at radius 1 is 0.950 bits per heavy atom. The summed E-state index contributed by atoms with van der Waals surface area (Å²) in [7, 11) is -4.41. The molecular weight excluding hydrogens is 560 g/mol. The lowest BCUT2D eigenvalue weighted by Crippen LogP contribution is -2.59. The minimum absolute atomic E-state index is 0.0129. The Labute approximate surface area is 227 Å². The standard InChI is InChI=1S/C25H28F4N4O6S/c26-18-2-1-16(24(35)30-17-12-19(27)23(29)20(28)13-17)11-22(18)40(38,39)32-5-3-15(4-6-32)21-14-31(9-10-34)7-8-33(21)25(36)37/h1-2,11-13,15,21,34H,3-10,14H2,(H,30,35)(H,36,37). The van der Waals surface area contributed by atoms with Gasteiger partial charge in [0.05, 0.1) is 12.6 Å².